The zero-order valence-corrected chi connectivity index (χ0v) is 40.3. The molecule has 354 valence electrons. The average Bonchev–Trinajstić information content (AvgIpc) is 3.23. The van der Waals surface area contributed by atoms with Crippen LogP contribution in [-0.2, 0) is 28.6 Å². The predicted molar refractivity (Wildman–Crippen MR) is 261 cm³/mol. The van der Waals surface area contributed by atoms with Gasteiger partial charge < -0.3 is 23.8 Å². The molecule has 0 radical (unpaired) electrons. The number of unbranched alkanes of at least 4 members (excludes halogenated alkanes) is 16. The molecule has 62 heavy (non-hydrogen) atoms. The van der Waals surface area contributed by atoms with E-state index in [2.05, 4.69) is 98.9 Å². The molecule has 0 rings (SSSR count). The van der Waals surface area contributed by atoms with Gasteiger partial charge in [0, 0.05) is 19.3 Å². The van der Waals surface area contributed by atoms with E-state index in [0.29, 0.717) is 19.3 Å². The van der Waals surface area contributed by atoms with Gasteiger partial charge in [0.15, 0.2) is 12.1 Å². The van der Waals surface area contributed by atoms with Crippen molar-refractivity contribution < 1.29 is 38.2 Å². The predicted octanol–water partition coefficient (Wildman–Crippen LogP) is 14.1. The lowest BCUT2D eigenvalue weighted by molar-refractivity contribution is -0.887. The Hall–Kier alpha value is -3.49. The Balaban J connectivity index is 4.36. The fourth-order valence-corrected chi connectivity index (χ4v) is 6.76. The largest absolute Gasteiger partial charge is 0.477 e. The third-order valence-electron chi connectivity index (χ3n) is 10.6. The lowest BCUT2D eigenvalue weighted by Crippen LogP contribution is -2.50. The van der Waals surface area contributed by atoms with Crippen molar-refractivity contribution in [2.24, 2.45) is 0 Å². The van der Waals surface area contributed by atoms with E-state index in [1.165, 1.54) is 77.0 Å². The Bertz CT molecular complexity index is 1290. The Morgan fingerprint density at radius 1 is 0.516 bits per heavy atom. The van der Waals surface area contributed by atoms with E-state index < -0.39 is 18.1 Å². The van der Waals surface area contributed by atoms with Crippen LogP contribution in [0.1, 0.15) is 187 Å². The normalized spacial score (nSPS) is 13.6. The fourth-order valence-electron chi connectivity index (χ4n) is 6.76. The Morgan fingerprint density at radius 3 is 1.45 bits per heavy atom. The third-order valence-corrected chi connectivity index (χ3v) is 10.6. The number of carboxylic acids is 1. The van der Waals surface area contributed by atoms with Crippen molar-refractivity contribution in [3.8, 4) is 0 Å². The number of allylic oxidation sites excluding steroid dienone is 14. The zero-order valence-electron chi connectivity index (χ0n) is 40.3. The van der Waals surface area contributed by atoms with Crippen LogP contribution in [0.3, 0.4) is 0 Å². The van der Waals surface area contributed by atoms with Gasteiger partial charge in [0.1, 0.15) is 6.61 Å². The zero-order chi connectivity index (χ0) is 45.6. The van der Waals surface area contributed by atoms with E-state index >= 15 is 0 Å². The molecule has 0 saturated carbocycles. The van der Waals surface area contributed by atoms with E-state index in [4.69, 9.17) is 14.2 Å². The Kier molecular flexibility index (Phi) is 41.6. The van der Waals surface area contributed by atoms with Crippen molar-refractivity contribution in [2.75, 3.05) is 41.0 Å². The second kappa shape index (κ2) is 44.1. The first-order valence-electron chi connectivity index (χ1n) is 24.6. The lowest BCUT2D eigenvalue weighted by atomic mass is 10.1. The first kappa shape index (κ1) is 58.5. The van der Waals surface area contributed by atoms with E-state index in [-0.39, 0.29) is 36.2 Å². The van der Waals surface area contributed by atoms with Crippen molar-refractivity contribution in [3.05, 3.63) is 85.1 Å². The summed E-state index contributed by atoms with van der Waals surface area (Å²) in [5.74, 6) is -1.52. The highest BCUT2D eigenvalue weighted by Gasteiger charge is 2.31. The van der Waals surface area contributed by atoms with Crippen LogP contribution in [0, 0.1) is 0 Å². The van der Waals surface area contributed by atoms with E-state index in [1.54, 1.807) is 0 Å². The van der Waals surface area contributed by atoms with Crippen molar-refractivity contribution >= 4 is 17.9 Å². The van der Waals surface area contributed by atoms with Gasteiger partial charge in [0.25, 0.3) is 0 Å². The van der Waals surface area contributed by atoms with Crippen LogP contribution in [0.15, 0.2) is 85.1 Å². The van der Waals surface area contributed by atoms with E-state index in [1.807, 2.05) is 21.1 Å². The number of likely N-dealkylation sites (N-methyl/N-ethyl adjacent to an activating group) is 1. The number of aliphatic carboxylic acids is 1. The monoisotopic (exact) mass is 867 g/mol. The molecule has 0 aliphatic carbocycles. The maximum absolute atomic E-state index is 12.8. The summed E-state index contributed by atoms with van der Waals surface area (Å²) in [6.07, 6.45) is 57.7. The fraction of sp³-hybridized carbons (Fsp3) is 0.685. The van der Waals surface area contributed by atoms with Crippen molar-refractivity contribution in [2.45, 2.75) is 199 Å². The molecule has 0 aliphatic rings. The maximum atomic E-state index is 12.8. The molecule has 0 aliphatic heterocycles. The first-order valence-corrected chi connectivity index (χ1v) is 24.6. The summed E-state index contributed by atoms with van der Waals surface area (Å²) >= 11 is 0. The van der Waals surface area contributed by atoms with Gasteiger partial charge in [0.05, 0.1) is 34.4 Å². The van der Waals surface area contributed by atoms with E-state index in [9.17, 15) is 19.5 Å². The summed E-state index contributed by atoms with van der Waals surface area (Å²) < 4.78 is 17.3. The molecule has 8 nitrogen and oxygen atoms in total. The average molecular weight is 867 g/mol. The number of carbonyl (C=O) groups is 3. The Labute approximate surface area is 380 Å². The molecule has 0 heterocycles. The van der Waals surface area contributed by atoms with Crippen LogP contribution in [0.25, 0.3) is 0 Å². The highest BCUT2D eigenvalue weighted by Crippen LogP contribution is 2.14. The molecule has 0 bridgehead atoms. The minimum Gasteiger partial charge on any atom is -0.477 e. The minimum atomic E-state index is -0.883. The van der Waals surface area contributed by atoms with Gasteiger partial charge in [-0.15, -0.1) is 0 Å². The van der Waals surface area contributed by atoms with E-state index in [0.717, 1.165) is 77.0 Å². The number of quaternary nitrogens is 1. The summed E-state index contributed by atoms with van der Waals surface area (Å²) in [4.78, 5) is 37.1. The lowest BCUT2D eigenvalue weighted by Gasteiger charge is -2.31. The summed E-state index contributed by atoms with van der Waals surface area (Å²) in [7, 11) is 5.51. The van der Waals surface area contributed by atoms with Gasteiger partial charge in [-0.1, -0.05) is 170 Å². The second-order valence-electron chi connectivity index (χ2n) is 17.4. The number of ether oxygens (including phenoxy) is 3. The van der Waals surface area contributed by atoms with Gasteiger partial charge in [-0.25, -0.2) is 4.79 Å². The van der Waals surface area contributed by atoms with Crippen molar-refractivity contribution in [3.63, 3.8) is 0 Å². The first-order chi connectivity index (χ1) is 30.1. The molecule has 2 unspecified atom stereocenters. The van der Waals surface area contributed by atoms with Crippen molar-refractivity contribution in [1.29, 1.82) is 0 Å². The maximum Gasteiger partial charge on any atom is 0.362 e. The number of hydrogen-bond acceptors (Lipinski definition) is 6. The highest BCUT2D eigenvalue weighted by atomic mass is 16.6. The van der Waals surface area contributed by atoms with Gasteiger partial charge in [-0.2, -0.15) is 0 Å². The smallest absolute Gasteiger partial charge is 0.362 e. The number of carboxylic acid groups (broad SMARTS) is 1. The Morgan fingerprint density at radius 2 is 0.952 bits per heavy atom. The quantitative estimate of drug-likeness (QED) is 0.0214. The van der Waals surface area contributed by atoms with Crippen LogP contribution in [0.4, 0.5) is 0 Å². The molecule has 0 aromatic carbocycles. The van der Waals surface area contributed by atoms with Crippen LogP contribution in [0.5, 0.6) is 0 Å². The van der Waals surface area contributed by atoms with Crippen LogP contribution >= 0.6 is 0 Å². The van der Waals surface area contributed by atoms with Gasteiger partial charge >= 0.3 is 17.9 Å². The topological polar surface area (TPSA) is 99.1 Å². The SMILES string of the molecule is CC/C=C/C/C=C/C/C=C/C/C=C/C/C=C/CCCCCC(=O)OCC(COCCC(C(=O)O)[N+](C)(C)C)OC(=O)CCCCCCCCCCCC/C=C/C=C/CCCCC. The molecule has 0 saturated heterocycles. The molecule has 0 fully saturated rings. The summed E-state index contributed by atoms with van der Waals surface area (Å²) in [6, 6.07) is -0.625. The highest BCUT2D eigenvalue weighted by molar-refractivity contribution is 5.72. The molecule has 1 N–H and O–H groups in total. The third kappa shape index (κ3) is 41.8. The molecular weight excluding hydrogens is 775 g/mol. The molecule has 0 aromatic heterocycles. The summed E-state index contributed by atoms with van der Waals surface area (Å²) in [6.45, 7) is 4.55. The summed E-state index contributed by atoms with van der Waals surface area (Å²) in [5.41, 5.74) is 0. The number of carbonyl (C=O) groups excluding carboxylic acids is 2. The number of nitrogens with zero attached hydrogens (tertiary/aromatic N) is 1. The molecule has 2 atom stereocenters. The minimum absolute atomic E-state index is 0.0446. The van der Waals surface area contributed by atoms with Crippen LogP contribution in [-0.4, -0.2) is 80.6 Å². The summed E-state index contributed by atoms with van der Waals surface area (Å²) in [5, 5.41) is 9.65. The molecule has 0 aromatic rings. The number of hydrogen-bond donors (Lipinski definition) is 1. The second-order valence-corrected chi connectivity index (χ2v) is 17.4. The molecule has 0 amide bonds. The van der Waals surface area contributed by atoms with Gasteiger partial charge in [-0.3, -0.25) is 9.59 Å². The standard InChI is InChI=1S/C54H91NO7/c1-6-8-10-12-14-16-18-20-22-24-26-28-30-32-34-36-38-40-42-44-52(56)61-49-50(48-60-47-46-51(54(58)59)55(3,4)5)62-53(57)45-43-41-39-37-35-33-31-29-27-25-23-21-19-17-15-13-11-9-7-2/h8,10,14-17,19-22,26,28,32,34,50-51H,6-7,9,11-13,18,23-25,27,29-31,33,35-49H2,1-5H3/p+1/b10-8+,16-14+,17-15+,21-19+,22-20+,28-26+,34-32+. The molecule has 0 spiro atoms. The van der Waals surface area contributed by atoms with Crippen molar-refractivity contribution in [1.82, 2.24) is 0 Å². The molecular formula is C54H92NO7+. The number of rotatable bonds is 43. The number of esters is 2. The van der Waals surface area contributed by atoms with Gasteiger partial charge in [-0.05, 0) is 83.5 Å². The van der Waals surface area contributed by atoms with Gasteiger partial charge in [0.2, 0.25) is 0 Å². The van der Waals surface area contributed by atoms with Crippen LogP contribution in [0.2, 0.25) is 0 Å². The molecule has 8 heteroatoms. The van der Waals surface area contributed by atoms with Crippen LogP contribution < -0.4 is 0 Å².